The van der Waals surface area contributed by atoms with Gasteiger partial charge in [0.05, 0.1) is 0 Å². The van der Waals surface area contributed by atoms with E-state index >= 15 is 0 Å². The third-order valence-electron chi connectivity index (χ3n) is 4.18. The van der Waals surface area contributed by atoms with Crippen molar-refractivity contribution in [1.29, 1.82) is 0 Å². The van der Waals surface area contributed by atoms with Crippen molar-refractivity contribution in [2.75, 3.05) is 6.61 Å². The van der Waals surface area contributed by atoms with Gasteiger partial charge in [0.15, 0.2) is 0 Å². The van der Waals surface area contributed by atoms with Crippen LogP contribution in [0.15, 0.2) is 60.7 Å². The predicted octanol–water partition coefficient (Wildman–Crippen LogP) is 3.90. The smallest absolute Gasteiger partial charge is 0.417 e. The van der Waals surface area contributed by atoms with Crippen molar-refractivity contribution >= 4 is 12.0 Å². The van der Waals surface area contributed by atoms with Gasteiger partial charge < -0.3 is 4.74 Å². The van der Waals surface area contributed by atoms with Crippen molar-refractivity contribution in [3.8, 4) is 0 Å². The number of hydrogen-bond acceptors (Lipinski definition) is 3. The fraction of sp³-hybridized carbons (Fsp3) is 0.263. The Bertz CT molecular complexity index is 684. The lowest BCUT2D eigenvalue weighted by molar-refractivity contribution is -0.129. The number of hydrogen-bond donors (Lipinski definition) is 0. The van der Waals surface area contributed by atoms with Crippen LogP contribution in [-0.4, -0.2) is 23.5 Å². The number of amides is 2. The first-order valence-corrected chi connectivity index (χ1v) is 7.75. The molecule has 2 aromatic rings. The lowest BCUT2D eigenvalue weighted by Gasteiger charge is -2.21. The maximum Gasteiger partial charge on any atom is 0.417 e. The zero-order valence-corrected chi connectivity index (χ0v) is 13.0. The van der Waals surface area contributed by atoms with Gasteiger partial charge in [-0.1, -0.05) is 67.6 Å². The van der Waals surface area contributed by atoms with Crippen molar-refractivity contribution in [2.24, 2.45) is 0 Å². The van der Waals surface area contributed by atoms with Crippen LogP contribution in [0.3, 0.4) is 0 Å². The molecule has 2 amide bonds. The molecule has 1 unspecified atom stereocenters. The highest BCUT2D eigenvalue weighted by Gasteiger charge is 2.38. The highest BCUT2D eigenvalue weighted by Crippen LogP contribution is 2.30. The molecule has 1 aliphatic rings. The van der Waals surface area contributed by atoms with Crippen molar-refractivity contribution in [1.82, 2.24) is 4.90 Å². The van der Waals surface area contributed by atoms with Gasteiger partial charge in [0.1, 0.15) is 12.6 Å². The fourth-order valence-corrected chi connectivity index (χ4v) is 2.88. The van der Waals surface area contributed by atoms with Gasteiger partial charge in [-0.3, -0.25) is 4.79 Å². The Morgan fingerprint density at radius 2 is 1.74 bits per heavy atom. The molecule has 2 aromatic carbocycles. The molecule has 1 heterocycles. The zero-order valence-electron chi connectivity index (χ0n) is 13.0. The van der Waals surface area contributed by atoms with Gasteiger partial charge in [0.25, 0.3) is 0 Å². The summed E-state index contributed by atoms with van der Waals surface area (Å²) in [4.78, 5) is 25.9. The SMILES string of the molecule is CC(CC(=O)N1C(=O)OC[C@@H]1c1ccccc1)c1ccccc1. The van der Waals surface area contributed by atoms with Crippen molar-refractivity contribution in [3.63, 3.8) is 0 Å². The Morgan fingerprint density at radius 1 is 1.13 bits per heavy atom. The van der Waals surface area contributed by atoms with Crippen LogP contribution in [0.25, 0.3) is 0 Å². The van der Waals surface area contributed by atoms with Gasteiger partial charge >= 0.3 is 6.09 Å². The molecule has 1 aliphatic heterocycles. The normalized spacial score (nSPS) is 18.6. The van der Waals surface area contributed by atoms with Crippen molar-refractivity contribution < 1.29 is 14.3 Å². The first kappa shape index (κ1) is 15.3. The number of imide groups is 1. The summed E-state index contributed by atoms with van der Waals surface area (Å²) in [7, 11) is 0. The van der Waals surface area contributed by atoms with Gasteiger partial charge in [-0.25, -0.2) is 9.69 Å². The summed E-state index contributed by atoms with van der Waals surface area (Å²) >= 11 is 0. The molecular weight excluding hydrogens is 290 g/mol. The average molecular weight is 309 g/mol. The third-order valence-corrected chi connectivity index (χ3v) is 4.18. The van der Waals surface area contributed by atoms with Crippen LogP contribution in [0.1, 0.15) is 36.4 Å². The Balaban J connectivity index is 1.76. The van der Waals surface area contributed by atoms with Crippen LogP contribution in [0.2, 0.25) is 0 Å². The lowest BCUT2D eigenvalue weighted by Crippen LogP contribution is -2.34. The minimum absolute atomic E-state index is 0.0496. The second-order valence-corrected chi connectivity index (χ2v) is 5.78. The number of rotatable bonds is 4. The summed E-state index contributed by atoms with van der Waals surface area (Å²) in [6.45, 7) is 2.21. The van der Waals surface area contributed by atoms with E-state index in [4.69, 9.17) is 4.74 Å². The number of benzene rings is 2. The van der Waals surface area contributed by atoms with E-state index in [0.717, 1.165) is 11.1 Å². The Morgan fingerprint density at radius 3 is 2.39 bits per heavy atom. The number of carbonyl (C=O) groups excluding carboxylic acids is 2. The molecule has 0 bridgehead atoms. The first-order valence-electron chi connectivity index (χ1n) is 7.75. The minimum atomic E-state index is -0.552. The van der Waals surface area contributed by atoms with Gasteiger partial charge in [-0.2, -0.15) is 0 Å². The van der Waals surface area contributed by atoms with Crippen LogP contribution < -0.4 is 0 Å². The maximum absolute atomic E-state index is 12.6. The van der Waals surface area contributed by atoms with Crippen molar-refractivity contribution in [3.05, 3.63) is 71.8 Å². The van der Waals surface area contributed by atoms with Gasteiger partial charge in [0.2, 0.25) is 5.91 Å². The molecular formula is C19H19NO3. The summed E-state index contributed by atoms with van der Waals surface area (Å²) in [5.74, 6) is -0.147. The van der Waals surface area contributed by atoms with Gasteiger partial charge in [0, 0.05) is 6.42 Å². The van der Waals surface area contributed by atoms with Crippen LogP contribution in [0, 0.1) is 0 Å². The largest absolute Gasteiger partial charge is 0.446 e. The lowest BCUT2D eigenvalue weighted by atomic mass is 9.96. The fourth-order valence-electron chi connectivity index (χ4n) is 2.88. The molecule has 0 radical (unpaired) electrons. The zero-order chi connectivity index (χ0) is 16.2. The molecule has 1 fully saturated rings. The van der Waals surface area contributed by atoms with E-state index in [1.165, 1.54) is 4.90 Å². The van der Waals surface area contributed by atoms with Gasteiger partial charge in [-0.05, 0) is 17.0 Å². The summed E-state index contributed by atoms with van der Waals surface area (Å²) in [5.41, 5.74) is 2.00. The number of ether oxygens (including phenoxy) is 1. The van der Waals surface area contributed by atoms with E-state index in [2.05, 4.69) is 0 Å². The van der Waals surface area contributed by atoms with E-state index < -0.39 is 6.09 Å². The molecule has 0 aromatic heterocycles. The van der Waals surface area contributed by atoms with Crippen LogP contribution >= 0.6 is 0 Å². The quantitative estimate of drug-likeness (QED) is 0.860. The first-order chi connectivity index (χ1) is 11.2. The Hall–Kier alpha value is -2.62. The Labute approximate surface area is 135 Å². The van der Waals surface area contributed by atoms with Crippen LogP contribution in [0.4, 0.5) is 4.79 Å². The molecule has 23 heavy (non-hydrogen) atoms. The number of cyclic esters (lactones) is 1. The molecule has 118 valence electrons. The molecule has 4 heteroatoms. The molecule has 1 saturated heterocycles. The van der Waals surface area contributed by atoms with Crippen molar-refractivity contribution in [2.45, 2.75) is 25.3 Å². The molecule has 0 aliphatic carbocycles. The monoisotopic (exact) mass is 309 g/mol. The summed E-state index contributed by atoms with van der Waals surface area (Å²) in [6, 6.07) is 19.0. The molecule has 2 atom stereocenters. The summed E-state index contributed by atoms with van der Waals surface area (Å²) in [5, 5.41) is 0. The standard InChI is InChI=1S/C19H19NO3/c1-14(15-8-4-2-5-9-15)12-18(21)20-17(13-23-19(20)22)16-10-6-3-7-11-16/h2-11,14,17H,12-13H2,1H3/t14?,17-/m1/s1. The van der Waals surface area contributed by atoms with E-state index in [0.29, 0.717) is 0 Å². The number of nitrogens with zero attached hydrogens (tertiary/aromatic N) is 1. The summed E-state index contributed by atoms with van der Waals surface area (Å²) in [6.07, 6.45) is -0.272. The predicted molar refractivity (Wildman–Crippen MR) is 86.9 cm³/mol. The molecule has 4 nitrogen and oxygen atoms in total. The van der Waals surface area contributed by atoms with E-state index in [9.17, 15) is 9.59 Å². The molecule has 0 spiro atoms. The highest BCUT2D eigenvalue weighted by molar-refractivity contribution is 5.94. The average Bonchev–Trinajstić information content (AvgIpc) is 2.98. The van der Waals surface area contributed by atoms with E-state index in [1.54, 1.807) is 0 Å². The minimum Gasteiger partial charge on any atom is -0.446 e. The molecule has 0 saturated carbocycles. The van der Waals surface area contributed by atoms with Crippen LogP contribution in [0.5, 0.6) is 0 Å². The van der Waals surface area contributed by atoms with Crippen LogP contribution in [-0.2, 0) is 9.53 Å². The Kier molecular flexibility index (Phi) is 4.42. The van der Waals surface area contributed by atoms with E-state index in [-0.39, 0.29) is 30.9 Å². The maximum atomic E-state index is 12.6. The highest BCUT2D eigenvalue weighted by atomic mass is 16.6. The summed E-state index contributed by atoms with van der Waals surface area (Å²) < 4.78 is 5.11. The number of carbonyl (C=O) groups is 2. The third kappa shape index (κ3) is 3.26. The molecule has 0 N–H and O–H groups in total. The second kappa shape index (κ2) is 6.65. The van der Waals surface area contributed by atoms with Gasteiger partial charge in [-0.15, -0.1) is 0 Å². The van der Waals surface area contributed by atoms with E-state index in [1.807, 2.05) is 67.6 Å². The topological polar surface area (TPSA) is 46.6 Å². The second-order valence-electron chi connectivity index (χ2n) is 5.78. The molecule has 3 rings (SSSR count).